The third-order valence-corrected chi connectivity index (χ3v) is 3.85. The van der Waals surface area contributed by atoms with E-state index in [0.29, 0.717) is 0 Å². The minimum absolute atomic E-state index is 0.220. The minimum atomic E-state index is -0.956. The van der Waals surface area contributed by atoms with Crippen molar-refractivity contribution in [3.8, 4) is 11.1 Å². The maximum Gasteiger partial charge on any atom is 0.337 e. The molecule has 0 amide bonds. The molecular weight excluding hydrogens is 280 g/mol. The summed E-state index contributed by atoms with van der Waals surface area (Å²) in [6.45, 7) is 7.05. The van der Waals surface area contributed by atoms with Crippen molar-refractivity contribution in [1.29, 1.82) is 0 Å². The standard InChI is InChI=1S/C16H18N4O2/c1-4-7-19-11(3)15(10(2)18-19)13-8-17-20-9-12(16(21)22)5-6-14(13)20/h5-6,8-9H,4,7H2,1-3H3,(H,21,22). The van der Waals surface area contributed by atoms with Gasteiger partial charge in [-0.25, -0.2) is 9.31 Å². The number of carboxylic acid groups (broad SMARTS) is 1. The molecule has 0 aromatic carbocycles. The fourth-order valence-electron chi connectivity index (χ4n) is 2.82. The monoisotopic (exact) mass is 298 g/mol. The first-order valence-corrected chi connectivity index (χ1v) is 7.28. The van der Waals surface area contributed by atoms with Gasteiger partial charge in [0, 0.05) is 29.6 Å². The molecule has 0 aliphatic heterocycles. The van der Waals surface area contributed by atoms with Crippen molar-refractivity contribution in [1.82, 2.24) is 19.4 Å². The zero-order chi connectivity index (χ0) is 15.9. The third kappa shape index (κ3) is 2.16. The van der Waals surface area contributed by atoms with Crippen molar-refractivity contribution in [3.63, 3.8) is 0 Å². The average Bonchev–Trinajstić information content (AvgIpc) is 3.00. The Hall–Kier alpha value is -2.63. The highest BCUT2D eigenvalue weighted by Crippen LogP contribution is 2.30. The van der Waals surface area contributed by atoms with Gasteiger partial charge in [-0.15, -0.1) is 0 Å². The van der Waals surface area contributed by atoms with Crippen molar-refractivity contribution >= 4 is 11.5 Å². The topological polar surface area (TPSA) is 72.4 Å². The number of fused-ring (bicyclic) bond motifs is 1. The Morgan fingerprint density at radius 2 is 2.09 bits per heavy atom. The Labute approximate surface area is 128 Å². The summed E-state index contributed by atoms with van der Waals surface area (Å²) in [5.41, 5.74) is 5.23. The second kappa shape index (κ2) is 5.29. The molecule has 114 valence electrons. The molecule has 0 atom stereocenters. The van der Waals surface area contributed by atoms with Gasteiger partial charge in [-0.2, -0.15) is 10.2 Å². The van der Waals surface area contributed by atoms with Gasteiger partial charge in [-0.1, -0.05) is 6.92 Å². The fourth-order valence-corrected chi connectivity index (χ4v) is 2.82. The second-order valence-electron chi connectivity index (χ2n) is 5.38. The Morgan fingerprint density at radius 1 is 1.32 bits per heavy atom. The number of hydrogen-bond donors (Lipinski definition) is 1. The molecule has 6 heteroatoms. The van der Waals surface area contributed by atoms with Crippen LogP contribution in [0.3, 0.4) is 0 Å². The molecule has 0 saturated heterocycles. The predicted octanol–water partition coefficient (Wildman–Crippen LogP) is 2.92. The number of carbonyl (C=O) groups is 1. The molecule has 3 heterocycles. The summed E-state index contributed by atoms with van der Waals surface area (Å²) in [7, 11) is 0. The number of rotatable bonds is 4. The Bertz CT molecular complexity index is 861. The second-order valence-corrected chi connectivity index (χ2v) is 5.38. The van der Waals surface area contributed by atoms with E-state index in [1.807, 2.05) is 11.6 Å². The average molecular weight is 298 g/mol. The molecule has 0 fully saturated rings. The van der Waals surface area contributed by atoms with Crippen molar-refractivity contribution in [2.24, 2.45) is 0 Å². The quantitative estimate of drug-likeness (QED) is 0.803. The summed E-state index contributed by atoms with van der Waals surface area (Å²) in [6.07, 6.45) is 4.33. The highest BCUT2D eigenvalue weighted by molar-refractivity contribution is 5.89. The molecule has 0 radical (unpaired) electrons. The van der Waals surface area contributed by atoms with Crippen molar-refractivity contribution in [3.05, 3.63) is 41.5 Å². The number of aromatic carboxylic acids is 1. The molecule has 1 N–H and O–H groups in total. The Kier molecular flexibility index (Phi) is 3.44. The van der Waals surface area contributed by atoms with E-state index >= 15 is 0 Å². The van der Waals surface area contributed by atoms with E-state index < -0.39 is 5.97 Å². The lowest BCUT2D eigenvalue weighted by Gasteiger charge is -2.03. The lowest BCUT2D eigenvalue weighted by atomic mass is 10.1. The van der Waals surface area contributed by atoms with Gasteiger partial charge in [0.2, 0.25) is 0 Å². The maximum absolute atomic E-state index is 11.1. The van der Waals surface area contributed by atoms with E-state index in [2.05, 4.69) is 24.0 Å². The van der Waals surface area contributed by atoms with Gasteiger partial charge in [0.25, 0.3) is 0 Å². The molecular formula is C16H18N4O2. The van der Waals surface area contributed by atoms with Crippen molar-refractivity contribution in [2.45, 2.75) is 33.7 Å². The van der Waals surface area contributed by atoms with Crippen LogP contribution in [0.15, 0.2) is 24.5 Å². The van der Waals surface area contributed by atoms with Crippen molar-refractivity contribution < 1.29 is 9.90 Å². The van der Waals surface area contributed by atoms with Crippen LogP contribution in [0.4, 0.5) is 0 Å². The van der Waals surface area contributed by atoms with Crippen LogP contribution in [-0.2, 0) is 6.54 Å². The first-order valence-electron chi connectivity index (χ1n) is 7.28. The van der Waals surface area contributed by atoms with Gasteiger partial charge in [-0.05, 0) is 32.4 Å². The SMILES string of the molecule is CCCn1nc(C)c(-c2cnn3cc(C(=O)O)ccc23)c1C. The molecule has 0 saturated carbocycles. The van der Waals surface area contributed by atoms with Crippen LogP contribution in [-0.4, -0.2) is 30.5 Å². The summed E-state index contributed by atoms with van der Waals surface area (Å²) in [6, 6.07) is 3.39. The van der Waals surface area contributed by atoms with Crippen LogP contribution < -0.4 is 0 Å². The van der Waals surface area contributed by atoms with E-state index in [9.17, 15) is 4.79 Å². The summed E-state index contributed by atoms with van der Waals surface area (Å²) >= 11 is 0. The molecule has 0 aliphatic carbocycles. The molecule has 3 aromatic rings. The lowest BCUT2D eigenvalue weighted by Crippen LogP contribution is -2.01. The van der Waals surface area contributed by atoms with E-state index in [1.165, 1.54) is 6.20 Å². The Balaban J connectivity index is 2.17. The van der Waals surface area contributed by atoms with Gasteiger partial charge >= 0.3 is 5.97 Å². The van der Waals surface area contributed by atoms with Crippen LogP contribution in [0, 0.1) is 13.8 Å². The van der Waals surface area contributed by atoms with Crippen LogP contribution in [0.2, 0.25) is 0 Å². The highest BCUT2D eigenvalue weighted by Gasteiger charge is 2.17. The molecule has 6 nitrogen and oxygen atoms in total. The molecule has 3 rings (SSSR count). The number of nitrogens with zero attached hydrogens (tertiary/aromatic N) is 4. The molecule has 3 aromatic heterocycles. The molecule has 0 spiro atoms. The van der Waals surface area contributed by atoms with Crippen LogP contribution in [0.5, 0.6) is 0 Å². The van der Waals surface area contributed by atoms with Crippen LogP contribution >= 0.6 is 0 Å². The van der Waals surface area contributed by atoms with Gasteiger partial charge < -0.3 is 5.11 Å². The maximum atomic E-state index is 11.1. The zero-order valence-electron chi connectivity index (χ0n) is 12.9. The molecule has 0 bridgehead atoms. The normalized spacial score (nSPS) is 11.2. The number of aromatic nitrogens is 4. The number of pyridine rings is 1. The number of carboxylic acids is 1. The van der Waals surface area contributed by atoms with Crippen molar-refractivity contribution in [2.75, 3.05) is 0 Å². The molecule has 0 unspecified atom stereocenters. The van der Waals surface area contributed by atoms with Gasteiger partial charge in [0.1, 0.15) is 0 Å². The van der Waals surface area contributed by atoms with E-state index in [0.717, 1.165) is 41.0 Å². The minimum Gasteiger partial charge on any atom is -0.478 e. The Morgan fingerprint density at radius 3 is 2.77 bits per heavy atom. The summed E-state index contributed by atoms with van der Waals surface area (Å²) in [4.78, 5) is 11.1. The first kappa shape index (κ1) is 14.3. The smallest absolute Gasteiger partial charge is 0.337 e. The van der Waals surface area contributed by atoms with E-state index in [1.54, 1.807) is 22.8 Å². The lowest BCUT2D eigenvalue weighted by molar-refractivity contribution is 0.0696. The molecule has 22 heavy (non-hydrogen) atoms. The fraction of sp³-hybridized carbons (Fsp3) is 0.312. The number of aryl methyl sites for hydroxylation is 2. The highest BCUT2D eigenvalue weighted by atomic mass is 16.4. The largest absolute Gasteiger partial charge is 0.478 e. The summed E-state index contributed by atoms with van der Waals surface area (Å²) < 4.78 is 3.62. The van der Waals surface area contributed by atoms with Gasteiger partial charge in [0.05, 0.1) is 23.0 Å². The zero-order valence-corrected chi connectivity index (χ0v) is 12.9. The number of hydrogen-bond acceptors (Lipinski definition) is 3. The summed E-state index contributed by atoms with van der Waals surface area (Å²) in [5, 5.41) is 18.0. The third-order valence-electron chi connectivity index (χ3n) is 3.85. The van der Waals surface area contributed by atoms with Crippen LogP contribution in [0.25, 0.3) is 16.6 Å². The van der Waals surface area contributed by atoms with Gasteiger partial charge in [0.15, 0.2) is 0 Å². The van der Waals surface area contributed by atoms with E-state index in [-0.39, 0.29) is 5.56 Å². The molecule has 0 aliphatic rings. The van der Waals surface area contributed by atoms with Crippen LogP contribution in [0.1, 0.15) is 35.1 Å². The summed E-state index contributed by atoms with van der Waals surface area (Å²) in [5.74, 6) is -0.956. The van der Waals surface area contributed by atoms with Gasteiger partial charge in [-0.3, -0.25) is 4.68 Å². The first-order chi connectivity index (χ1) is 10.5. The van der Waals surface area contributed by atoms with E-state index in [4.69, 9.17) is 5.11 Å². The predicted molar refractivity (Wildman–Crippen MR) is 83.1 cm³/mol.